The van der Waals surface area contributed by atoms with Crippen LogP contribution in [0.25, 0.3) is 0 Å². The molecule has 0 radical (unpaired) electrons. The number of rotatable bonds is 5. The van der Waals surface area contributed by atoms with Crippen molar-refractivity contribution in [3.63, 3.8) is 0 Å². The average Bonchev–Trinajstić information content (AvgIpc) is 1.87. The molecule has 0 aromatic heterocycles. The second-order valence-electron chi connectivity index (χ2n) is 1.86. The topological polar surface area (TPSA) is 55.3 Å². The van der Waals surface area contributed by atoms with Crippen molar-refractivity contribution in [1.29, 1.82) is 0 Å². The normalized spacial score (nSPS) is 9.30. The van der Waals surface area contributed by atoms with Crippen LogP contribution in [0.1, 0.15) is 6.92 Å². The molecule has 0 aliphatic carbocycles. The highest BCUT2D eigenvalue weighted by molar-refractivity contribution is 5.61. The first-order chi connectivity index (χ1) is 4.77. The summed E-state index contributed by atoms with van der Waals surface area (Å²) >= 11 is 0. The van der Waals surface area contributed by atoms with E-state index >= 15 is 0 Å². The molecule has 0 heterocycles. The van der Waals surface area contributed by atoms with Gasteiger partial charge in [-0.05, 0) is 6.72 Å². The van der Waals surface area contributed by atoms with Crippen molar-refractivity contribution in [2.45, 2.75) is 6.92 Å². The van der Waals surface area contributed by atoms with E-state index in [2.05, 4.69) is 11.7 Å². The number of amides is 1. The van der Waals surface area contributed by atoms with Gasteiger partial charge in [0.1, 0.15) is 13.3 Å². The van der Waals surface area contributed by atoms with E-state index in [0.29, 0.717) is 19.9 Å². The van der Waals surface area contributed by atoms with E-state index in [4.69, 9.17) is 4.74 Å². The summed E-state index contributed by atoms with van der Waals surface area (Å²) in [6, 6.07) is 0. The molecule has 1 amide bonds. The Kier molecular flexibility index (Phi) is 5.91. The lowest BCUT2D eigenvalue weighted by atomic mass is 10.6. The van der Waals surface area contributed by atoms with Crippen LogP contribution in [0.15, 0.2) is 4.99 Å². The van der Waals surface area contributed by atoms with Gasteiger partial charge in [0.15, 0.2) is 0 Å². The van der Waals surface area contributed by atoms with Crippen molar-refractivity contribution < 1.29 is 14.8 Å². The highest BCUT2D eigenvalue weighted by atomic mass is 16.5. The summed E-state index contributed by atoms with van der Waals surface area (Å²) in [5, 5.41) is 1.59. The fourth-order valence-corrected chi connectivity index (χ4v) is 0.475. The van der Waals surface area contributed by atoms with E-state index < -0.39 is 0 Å². The summed E-state index contributed by atoms with van der Waals surface area (Å²) in [6.45, 7) is 6.27. The van der Waals surface area contributed by atoms with Gasteiger partial charge >= 0.3 is 5.91 Å². The maximum atomic E-state index is 10.3. The van der Waals surface area contributed by atoms with Crippen molar-refractivity contribution in [1.82, 2.24) is 0 Å². The molecular weight excluding hydrogens is 132 g/mol. The van der Waals surface area contributed by atoms with Gasteiger partial charge in [-0.15, -0.1) is 0 Å². The van der Waals surface area contributed by atoms with Gasteiger partial charge in [0.25, 0.3) is 0 Å². The van der Waals surface area contributed by atoms with Crippen molar-refractivity contribution in [3.05, 3.63) is 0 Å². The fourth-order valence-electron chi connectivity index (χ4n) is 0.475. The SMILES string of the molecule is C=NCOCC[NH2+]C(C)=O. The molecule has 0 aromatic carbocycles. The largest absolute Gasteiger partial charge is 0.353 e. The molecular formula is C6H13N2O2+. The monoisotopic (exact) mass is 145 g/mol. The molecule has 0 rings (SSSR count). The van der Waals surface area contributed by atoms with Crippen LogP contribution in [0.2, 0.25) is 0 Å². The lowest BCUT2D eigenvalue weighted by molar-refractivity contribution is -0.569. The number of ether oxygens (including phenoxy) is 1. The molecule has 0 aliphatic rings. The van der Waals surface area contributed by atoms with Crippen LogP contribution in [0, 0.1) is 0 Å². The van der Waals surface area contributed by atoms with Crippen LogP contribution < -0.4 is 5.32 Å². The third-order valence-corrected chi connectivity index (χ3v) is 0.877. The third-order valence-electron chi connectivity index (χ3n) is 0.877. The Bertz CT molecular complexity index is 114. The molecule has 10 heavy (non-hydrogen) atoms. The average molecular weight is 145 g/mol. The van der Waals surface area contributed by atoms with Gasteiger partial charge in [-0.1, -0.05) is 0 Å². The number of carbonyl (C=O) groups is 1. The standard InChI is InChI=1S/C6H12N2O2/c1-6(9)8-3-4-10-5-7-2/h2-5H2,1H3,(H,8,9)/p+1. The van der Waals surface area contributed by atoms with E-state index in [0.717, 1.165) is 0 Å². The Morgan fingerprint density at radius 1 is 1.80 bits per heavy atom. The highest BCUT2D eigenvalue weighted by Gasteiger charge is 1.93. The molecule has 0 saturated heterocycles. The van der Waals surface area contributed by atoms with Crippen LogP contribution in [-0.2, 0) is 9.53 Å². The minimum atomic E-state index is 0.0789. The van der Waals surface area contributed by atoms with Crippen molar-refractivity contribution >= 4 is 12.6 Å². The van der Waals surface area contributed by atoms with E-state index in [1.807, 2.05) is 0 Å². The Morgan fingerprint density at radius 3 is 3.00 bits per heavy atom. The van der Waals surface area contributed by atoms with Crippen molar-refractivity contribution in [3.8, 4) is 0 Å². The lowest BCUT2D eigenvalue weighted by Crippen LogP contribution is -2.88. The molecule has 0 aromatic rings. The first-order valence-corrected chi connectivity index (χ1v) is 3.11. The first-order valence-electron chi connectivity index (χ1n) is 3.11. The minimum absolute atomic E-state index is 0.0789. The van der Waals surface area contributed by atoms with Crippen molar-refractivity contribution in [2.24, 2.45) is 4.99 Å². The fraction of sp³-hybridized carbons (Fsp3) is 0.667. The van der Waals surface area contributed by atoms with E-state index in [-0.39, 0.29) is 5.91 Å². The van der Waals surface area contributed by atoms with Crippen LogP contribution in [0.4, 0.5) is 0 Å². The predicted molar refractivity (Wildman–Crippen MR) is 37.8 cm³/mol. The molecule has 0 spiro atoms. The van der Waals surface area contributed by atoms with Crippen molar-refractivity contribution in [2.75, 3.05) is 19.9 Å². The quantitative estimate of drug-likeness (QED) is 0.389. The van der Waals surface area contributed by atoms with E-state index in [1.54, 1.807) is 5.32 Å². The smallest absolute Gasteiger partial charge is 0.307 e. The summed E-state index contributed by atoms with van der Waals surface area (Å²) in [7, 11) is 0. The van der Waals surface area contributed by atoms with E-state index in [9.17, 15) is 4.79 Å². The molecule has 4 heteroatoms. The van der Waals surface area contributed by atoms with Gasteiger partial charge in [-0.2, -0.15) is 0 Å². The van der Waals surface area contributed by atoms with E-state index in [1.165, 1.54) is 6.92 Å². The van der Waals surface area contributed by atoms with Gasteiger partial charge in [0, 0.05) is 0 Å². The number of aliphatic imine (C=N–C) groups is 1. The Morgan fingerprint density at radius 2 is 2.50 bits per heavy atom. The number of nitrogens with two attached hydrogens (primary N) is 1. The van der Waals surface area contributed by atoms with Crippen LogP contribution in [-0.4, -0.2) is 32.5 Å². The molecule has 0 aliphatic heterocycles. The summed E-state index contributed by atoms with van der Waals surface area (Å²) in [4.78, 5) is 13.8. The molecule has 0 fully saturated rings. The first kappa shape index (κ1) is 9.26. The summed E-state index contributed by atoms with van der Waals surface area (Å²) in [5.41, 5.74) is 0. The summed E-state index contributed by atoms with van der Waals surface area (Å²) < 4.78 is 4.92. The zero-order valence-corrected chi connectivity index (χ0v) is 6.17. The molecule has 0 saturated carbocycles. The molecule has 58 valence electrons. The zero-order chi connectivity index (χ0) is 7.82. The maximum Gasteiger partial charge on any atom is 0.307 e. The lowest BCUT2D eigenvalue weighted by Gasteiger charge is -1.96. The second kappa shape index (κ2) is 6.38. The third kappa shape index (κ3) is 7.26. The second-order valence-corrected chi connectivity index (χ2v) is 1.86. The molecule has 2 N–H and O–H groups in total. The minimum Gasteiger partial charge on any atom is -0.353 e. The van der Waals surface area contributed by atoms with Gasteiger partial charge in [-0.25, -0.2) is 4.79 Å². The van der Waals surface area contributed by atoms with Gasteiger partial charge in [0.2, 0.25) is 0 Å². The number of hydrogen-bond acceptors (Lipinski definition) is 3. The molecule has 0 unspecified atom stereocenters. The Balaban J connectivity index is 2.90. The Labute approximate surface area is 60.3 Å². The molecule has 0 atom stereocenters. The van der Waals surface area contributed by atoms with Gasteiger partial charge in [-0.3, -0.25) is 10.3 Å². The maximum absolute atomic E-state index is 10.3. The number of primary amides is 1. The number of hydrogen-bond donors (Lipinski definition) is 1. The summed E-state index contributed by atoms with van der Waals surface area (Å²) in [5.74, 6) is 0.0789. The number of carbonyl (C=O) groups excluding carboxylic acids is 1. The summed E-state index contributed by atoms with van der Waals surface area (Å²) in [6.07, 6.45) is 0. The highest BCUT2D eigenvalue weighted by Crippen LogP contribution is 1.68. The van der Waals surface area contributed by atoms with Crippen LogP contribution in [0.5, 0.6) is 0 Å². The Hall–Kier alpha value is -0.740. The van der Waals surface area contributed by atoms with Crippen LogP contribution >= 0.6 is 0 Å². The number of nitrogens with zero attached hydrogens (tertiary/aromatic N) is 1. The van der Waals surface area contributed by atoms with Gasteiger partial charge in [0.05, 0.1) is 13.5 Å². The number of quaternary nitrogens is 1. The molecule has 0 bridgehead atoms. The molecule has 4 nitrogen and oxygen atoms in total. The zero-order valence-electron chi connectivity index (χ0n) is 6.17. The predicted octanol–water partition coefficient (Wildman–Crippen LogP) is -1.23. The van der Waals surface area contributed by atoms with Crippen LogP contribution in [0.3, 0.4) is 0 Å². The van der Waals surface area contributed by atoms with Gasteiger partial charge < -0.3 is 4.74 Å².